The number of benzene rings is 1. The predicted octanol–water partition coefficient (Wildman–Crippen LogP) is 2.17. The monoisotopic (exact) mass is 295 g/mol. The van der Waals surface area contributed by atoms with E-state index in [1.165, 1.54) is 19.4 Å². The molecule has 0 atom stereocenters. The van der Waals surface area contributed by atoms with Crippen LogP contribution in [0.3, 0.4) is 0 Å². The van der Waals surface area contributed by atoms with Gasteiger partial charge in [-0.3, -0.25) is 9.59 Å². The fourth-order valence-electron chi connectivity index (χ4n) is 2.04. The smallest absolute Gasteiger partial charge is 0.257 e. The van der Waals surface area contributed by atoms with E-state index in [-0.39, 0.29) is 11.8 Å². The number of fused-ring (bicyclic) bond motifs is 1. The topological polar surface area (TPSA) is 99.8 Å². The predicted molar refractivity (Wildman–Crippen MR) is 82.6 cm³/mol. The molecule has 2 amide bonds. The average molecular weight is 295 g/mol. The molecule has 0 bridgehead atoms. The molecule has 0 spiro atoms. The molecule has 0 saturated carbocycles. The highest BCUT2D eigenvalue weighted by molar-refractivity contribution is 6.05. The molecule has 1 aromatic carbocycles. The van der Waals surface area contributed by atoms with Gasteiger partial charge in [0.1, 0.15) is 0 Å². The van der Waals surface area contributed by atoms with Crippen molar-refractivity contribution in [1.82, 2.24) is 15.0 Å². The van der Waals surface area contributed by atoms with Crippen molar-refractivity contribution in [1.29, 1.82) is 0 Å². The molecule has 2 heterocycles. The first-order valence-corrected chi connectivity index (χ1v) is 6.60. The molecule has 3 aromatic rings. The van der Waals surface area contributed by atoms with Crippen molar-refractivity contribution in [2.75, 3.05) is 10.6 Å². The molecular formula is C15H13N5O2. The van der Waals surface area contributed by atoms with Gasteiger partial charge in [-0.15, -0.1) is 0 Å². The zero-order valence-electron chi connectivity index (χ0n) is 11.8. The number of amides is 2. The van der Waals surface area contributed by atoms with Gasteiger partial charge in [-0.05, 0) is 24.3 Å². The molecule has 7 nitrogen and oxygen atoms in total. The van der Waals surface area contributed by atoms with Crippen molar-refractivity contribution in [2.24, 2.45) is 0 Å². The summed E-state index contributed by atoms with van der Waals surface area (Å²) in [5.74, 6) is -0.457. The lowest BCUT2D eigenvalue weighted by Gasteiger charge is -2.07. The quantitative estimate of drug-likeness (QED) is 0.689. The molecule has 110 valence electrons. The fourth-order valence-corrected chi connectivity index (χ4v) is 2.04. The van der Waals surface area contributed by atoms with E-state index in [1.807, 2.05) is 0 Å². The Hall–Kier alpha value is -3.22. The summed E-state index contributed by atoms with van der Waals surface area (Å²) in [7, 11) is 0. The third-order valence-corrected chi connectivity index (χ3v) is 2.98. The second-order valence-corrected chi connectivity index (χ2v) is 4.71. The van der Waals surface area contributed by atoms with E-state index in [0.29, 0.717) is 28.1 Å². The highest BCUT2D eigenvalue weighted by atomic mass is 16.2. The Bertz CT molecular complexity index is 856. The Balaban J connectivity index is 1.79. The highest BCUT2D eigenvalue weighted by Gasteiger charge is 2.09. The number of aromatic nitrogens is 3. The van der Waals surface area contributed by atoms with Gasteiger partial charge in [0.15, 0.2) is 5.65 Å². The molecule has 0 fully saturated rings. The second-order valence-electron chi connectivity index (χ2n) is 4.71. The van der Waals surface area contributed by atoms with Crippen molar-refractivity contribution in [3.8, 4) is 0 Å². The van der Waals surface area contributed by atoms with Gasteiger partial charge in [0.05, 0.1) is 17.4 Å². The Morgan fingerprint density at radius 3 is 2.64 bits per heavy atom. The van der Waals surface area contributed by atoms with Crippen LogP contribution in [0.5, 0.6) is 0 Å². The van der Waals surface area contributed by atoms with Crippen molar-refractivity contribution < 1.29 is 9.59 Å². The Labute approximate surface area is 125 Å². The molecule has 0 unspecified atom stereocenters. The maximum atomic E-state index is 12.2. The summed E-state index contributed by atoms with van der Waals surface area (Å²) in [5, 5.41) is 5.43. The molecule has 3 rings (SSSR count). The number of carbonyl (C=O) groups excluding carboxylic acids is 2. The highest BCUT2D eigenvalue weighted by Crippen LogP contribution is 2.16. The van der Waals surface area contributed by atoms with E-state index < -0.39 is 0 Å². The Kier molecular flexibility index (Phi) is 3.53. The van der Waals surface area contributed by atoms with Crippen LogP contribution in [0.2, 0.25) is 0 Å². The van der Waals surface area contributed by atoms with E-state index in [0.717, 1.165) is 0 Å². The minimum absolute atomic E-state index is 0.169. The Morgan fingerprint density at radius 1 is 1.09 bits per heavy atom. The average Bonchev–Trinajstić information content (AvgIpc) is 2.94. The first-order valence-electron chi connectivity index (χ1n) is 6.60. The SMILES string of the molecule is CC(=O)Nc1cccc(NC(=O)c2cnc3nc[nH]c3c2)c1. The molecule has 0 aliphatic heterocycles. The minimum Gasteiger partial charge on any atom is -0.343 e. The van der Waals surface area contributed by atoms with Gasteiger partial charge in [-0.2, -0.15) is 0 Å². The molecule has 0 saturated heterocycles. The molecule has 0 aliphatic carbocycles. The largest absolute Gasteiger partial charge is 0.343 e. The number of anilines is 2. The van der Waals surface area contributed by atoms with E-state index in [4.69, 9.17) is 0 Å². The standard InChI is InChI=1S/C15H13N5O2/c1-9(21)19-11-3-2-4-12(6-11)20-15(22)10-5-13-14(16-7-10)18-8-17-13/h2-8H,1H3,(H,19,21)(H,20,22)(H,16,17,18). The molecule has 2 aromatic heterocycles. The first kappa shape index (κ1) is 13.7. The van der Waals surface area contributed by atoms with Crippen LogP contribution >= 0.6 is 0 Å². The lowest BCUT2D eigenvalue weighted by atomic mass is 10.2. The number of nitrogens with one attached hydrogen (secondary N) is 3. The third kappa shape index (κ3) is 2.93. The summed E-state index contributed by atoms with van der Waals surface area (Å²) in [6.07, 6.45) is 2.99. The number of hydrogen-bond donors (Lipinski definition) is 3. The summed E-state index contributed by atoms with van der Waals surface area (Å²) >= 11 is 0. The summed E-state index contributed by atoms with van der Waals surface area (Å²) < 4.78 is 0. The van der Waals surface area contributed by atoms with Gasteiger partial charge in [0.25, 0.3) is 5.91 Å². The molecule has 0 aliphatic rings. The summed E-state index contributed by atoms with van der Waals surface area (Å²) in [4.78, 5) is 34.3. The number of aromatic amines is 1. The van der Waals surface area contributed by atoms with Crippen LogP contribution in [0.4, 0.5) is 11.4 Å². The van der Waals surface area contributed by atoms with Crippen LogP contribution in [0.25, 0.3) is 11.2 Å². The molecule has 22 heavy (non-hydrogen) atoms. The van der Waals surface area contributed by atoms with Crippen LogP contribution in [-0.2, 0) is 4.79 Å². The van der Waals surface area contributed by atoms with Crippen LogP contribution in [0.1, 0.15) is 17.3 Å². The lowest BCUT2D eigenvalue weighted by Crippen LogP contribution is -2.13. The van der Waals surface area contributed by atoms with Crippen molar-refractivity contribution in [3.63, 3.8) is 0 Å². The molecule has 0 radical (unpaired) electrons. The van der Waals surface area contributed by atoms with Gasteiger partial charge in [0.2, 0.25) is 5.91 Å². The summed E-state index contributed by atoms with van der Waals surface area (Å²) in [6.45, 7) is 1.43. The van der Waals surface area contributed by atoms with Gasteiger partial charge in [-0.1, -0.05) is 6.07 Å². The van der Waals surface area contributed by atoms with Crippen LogP contribution in [-0.4, -0.2) is 26.8 Å². The van der Waals surface area contributed by atoms with Crippen LogP contribution in [0, 0.1) is 0 Å². The first-order chi connectivity index (χ1) is 10.6. The Morgan fingerprint density at radius 2 is 1.86 bits per heavy atom. The second kappa shape index (κ2) is 5.65. The number of rotatable bonds is 3. The third-order valence-electron chi connectivity index (χ3n) is 2.98. The van der Waals surface area contributed by atoms with E-state index >= 15 is 0 Å². The number of hydrogen-bond acceptors (Lipinski definition) is 4. The molecular weight excluding hydrogens is 282 g/mol. The van der Waals surface area contributed by atoms with E-state index in [1.54, 1.807) is 30.3 Å². The lowest BCUT2D eigenvalue weighted by molar-refractivity contribution is -0.114. The zero-order chi connectivity index (χ0) is 15.5. The van der Waals surface area contributed by atoms with Crippen molar-refractivity contribution >= 4 is 34.4 Å². The molecule has 7 heteroatoms. The van der Waals surface area contributed by atoms with Gasteiger partial charge in [0, 0.05) is 24.5 Å². The van der Waals surface area contributed by atoms with E-state index in [2.05, 4.69) is 25.6 Å². The summed E-state index contributed by atoms with van der Waals surface area (Å²) in [6, 6.07) is 8.60. The summed E-state index contributed by atoms with van der Waals surface area (Å²) in [5.41, 5.74) is 2.87. The number of carbonyl (C=O) groups is 2. The fraction of sp³-hybridized carbons (Fsp3) is 0.0667. The zero-order valence-corrected chi connectivity index (χ0v) is 11.8. The van der Waals surface area contributed by atoms with Gasteiger partial charge in [-0.25, -0.2) is 9.97 Å². The van der Waals surface area contributed by atoms with Crippen molar-refractivity contribution in [3.05, 3.63) is 48.4 Å². The maximum Gasteiger partial charge on any atom is 0.257 e. The number of H-pyrrole nitrogens is 1. The maximum absolute atomic E-state index is 12.2. The van der Waals surface area contributed by atoms with E-state index in [9.17, 15) is 9.59 Å². The number of pyridine rings is 1. The van der Waals surface area contributed by atoms with Crippen molar-refractivity contribution in [2.45, 2.75) is 6.92 Å². The van der Waals surface area contributed by atoms with Gasteiger partial charge < -0.3 is 15.6 Å². The number of nitrogens with zero attached hydrogens (tertiary/aromatic N) is 2. The van der Waals surface area contributed by atoms with Gasteiger partial charge >= 0.3 is 0 Å². The van der Waals surface area contributed by atoms with Crippen LogP contribution in [0.15, 0.2) is 42.9 Å². The molecule has 3 N–H and O–H groups in total. The number of imidazole rings is 1. The van der Waals surface area contributed by atoms with Crippen LogP contribution < -0.4 is 10.6 Å². The minimum atomic E-state index is -0.288. The normalized spacial score (nSPS) is 10.4.